The van der Waals surface area contributed by atoms with Crippen molar-refractivity contribution in [3.05, 3.63) is 58.9 Å². The first kappa shape index (κ1) is 17.5. The van der Waals surface area contributed by atoms with Crippen molar-refractivity contribution in [3.63, 3.8) is 0 Å². The molecule has 1 saturated heterocycles. The quantitative estimate of drug-likeness (QED) is 0.693. The van der Waals surface area contributed by atoms with E-state index >= 15 is 0 Å². The number of nitrogens with one attached hydrogen (secondary N) is 1. The van der Waals surface area contributed by atoms with Gasteiger partial charge in [0.1, 0.15) is 4.90 Å². The van der Waals surface area contributed by atoms with Gasteiger partial charge in [-0.1, -0.05) is 24.3 Å². The Morgan fingerprint density at radius 1 is 0.926 bits per heavy atom. The van der Waals surface area contributed by atoms with Gasteiger partial charge in [0.05, 0.1) is 16.6 Å². The number of aromatic amines is 1. The molecular formula is C18H19N5O3S. The molecule has 0 unspecified atom stereocenters. The molecule has 27 heavy (non-hydrogen) atoms. The van der Waals surface area contributed by atoms with Crippen molar-refractivity contribution in [1.82, 2.24) is 9.97 Å². The fourth-order valence-electron chi connectivity index (χ4n) is 3.34. The standard InChI is InChI=1S/C18H19N5O3S/c19-27(25,26)16-8-4-3-7-15(16)22-9-11-23(12-10-22)18-20-14-6-2-1-5-13(14)17(24)21-18/h1-8H,9-12H2,(H2,19,25,26)(H,20,21,24). The van der Waals surface area contributed by atoms with Crippen LogP contribution in [0.4, 0.5) is 11.6 Å². The molecule has 0 saturated carbocycles. The average molecular weight is 385 g/mol. The van der Waals surface area contributed by atoms with Crippen molar-refractivity contribution in [2.75, 3.05) is 36.0 Å². The molecule has 1 aromatic heterocycles. The number of fused-ring (bicyclic) bond motifs is 1. The van der Waals surface area contributed by atoms with Crippen LogP contribution < -0.4 is 20.5 Å². The number of aromatic nitrogens is 2. The zero-order valence-electron chi connectivity index (χ0n) is 14.5. The zero-order valence-corrected chi connectivity index (χ0v) is 15.3. The van der Waals surface area contributed by atoms with E-state index in [1.807, 2.05) is 21.9 Å². The number of hydrogen-bond acceptors (Lipinski definition) is 6. The molecule has 1 aliphatic heterocycles. The van der Waals surface area contributed by atoms with E-state index in [0.29, 0.717) is 48.7 Å². The highest BCUT2D eigenvalue weighted by Crippen LogP contribution is 2.25. The van der Waals surface area contributed by atoms with Gasteiger partial charge in [-0.3, -0.25) is 9.78 Å². The summed E-state index contributed by atoms with van der Waals surface area (Å²) in [6.07, 6.45) is 0. The van der Waals surface area contributed by atoms with Gasteiger partial charge in [-0.25, -0.2) is 18.5 Å². The zero-order chi connectivity index (χ0) is 19.0. The van der Waals surface area contributed by atoms with Gasteiger partial charge in [-0.05, 0) is 24.3 Å². The summed E-state index contributed by atoms with van der Waals surface area (Å²) in [5.41, 5.74) is 1.08. The number of piperazine rings is 1. The molecular weight excluding hydrogens is 366 g/mol. The largest absolute Gasteiger partial charge is 0.367 e. The second-order valence-corrected chi connectivity index (χ2v) is 7.92. The van der Waals surface area contributed by atoms with Crippen LogP contribution in [0.2, 0.25) is 0 Å². The minimum Gasteiger partial charge on any atom is -0.367 e. The molecule has 0 bridgehead atoms. The third-order valence-corrected chi connectivity index (χ3v) is 5.65. The van der Waals surface area contributed by atoms with Crippen LogP contribution in [0.15, 0.2) is 58.2 Å². The van der Waals surface area contributed by atoms with Gasteiger partial charge in [0.2, 0.25) is 16.0 Å². The highest BCUT2D eigenvalue weighted by Gasteiger charge is 2.23. The lowest BCUT2D eigenvalue weighted by atomic mass is 10.2. The molecule has 0 amide bonds. The van der Waals surface area contributed by atoms with Gasteiger partial charge in [-0.15, -0.1) is 0 Å². The maximum absolute atomic E-state index is 12.3. The summed E-state index contributed by atoms with van der Waals surface area (Å²) in [4.78, 5) is 23.7. The fraction of sp³-hybridized carbons (Fsp3) is 0.222. The predicted octanol–water partition coefficient (Wildman–Crippen LogP) is 0.897. The smallest absolute Gasteiger partial charge is 0.260 e. The van der Waals surface area contributed by atoms with Crippen LogP contribution in [0.3, 0.4) is 0 Å². The molecule has 0 aliphatic carbocycles. The fourth-order valence-corrected chi connectivity index (χ4v) is 4.10. The molecule has 1 aliphatic rings. The van der Waals surface area contributed by atoms with Crippen LogP contribution in [0.1, 0.15) is 0 Å². The minimum atomic E-state index is -3.79. The van der Waals surface area contributed by atoms with Gasteiger partial charge in [0.15, 0.2) is 0 Å². The Balaban J connectivity index is 1.58. The van der Waals surface area contributed by atoms with Gasteiger partial charge in [0.25, 0.3) is 5.56 Å². The number of H-pyrrole nitrogens is 1. The molecule has 2 aromatic carbocycles. The topological polar surface area (TPSA) is 112 Å². The van der Waals surface area contributed by atoms with Gasteiger partial charge >= 0.3 is 0 Å². The summed E-state index contributed by atoms with van der Waals surface area (Å²) >= 11 is 0. The lowest BCUT2D eigenvalue weighted by molar-refractivity contribution is 0.595. The van der Waals surface area contributed by atoms with Crippen molar-refractivity contribution in [2.45, 2.75) is 4.90 Å². The number of benzene rings is 2. The second kappa shape index (κ2) is 6.67. The number of sulfonamides is 1. The van der Waals surface area contributed by atoms with E-state index in [0.717, 1.165) is 0 Å². The van der Waals surface area contributed by atoms with Crippen LogP contribution in [-0.2, 0) is 10.0 Å². The van der Waals surface area contributed by atoms with Crippen molar-refractivity contribution in [3.8, 4) is 0 Å². The molecule has 9 heteroatoms. The van der Waals surface area contributed by atoms with Crippen molar-refractivity contribution in [2.24, 2.45) is 5.14 Å². The molecule has 3 N–H and O–H groups in total. The first-order chi connectivity index (χ1) is 12.9. The molecule has 1 fully saturated rings. The molecule has 0 spiro atoms. The summed E-state index contributed by atoms with van der Waals surface area (Å²) in [7, 11) is -3.79. The Hall–Kier alpha value is -2.91. The Morgan fingerprint density at radius 2 is 1.56 bits per heavy atom. The molecule has 0 radical (unpaired) electrons. The Kier molecular flexibility index (Phi) is 4.33. The number of anilines is 2. The maximum atomic E-state index is 12.3. The molecule has 0 atom stereocenters. The minimum absolute atomic E-state index is 0.121. The monoisotopic (exact) mass is 385 g/mol. The van der Waals surface area contributed by atoms with E-state index < -0.39 is 10.0 Å². The highest BCUT2D eigenvalue weighted by atomic mass is 32.2. The summed E-state index contributed by atoms with van der Waals surface area (Å²) in [6.45, 7) is 2.37. The first-order valence-electron chi connectivity index (χ1n) is 8.54. The number of para-hydroxylation sites is 2. The third kappa shape index (κ3) is 3.38. The molecule has 3 aromatic rings. The van der Waals surface area contributed by atoms with Crippen molar-refractivity contribution < 1.29 is 8.42 Å². The third-order valence-electron chi connectivity index (χ3n) is 4.69. The Labute approximate surface area is 156 Å². The van der Waals surface area contributed by atoms with Gasteiger partial charge < -0.3 is 9.80 Å². The molecule has 140 valence electrons. The number of primary sulfonamides is 1. The molecule has 4 rings (SSSR count). The average Bonchev–Trinajstić information content (AvgIpc) is 2.67. The number of nitrogens with zero attached hydrogens (tertiary/aromatic N) is 3. The number of rotatable bonds is 3. The number of nitrogens with two attached hydrogens (primary N) is 1. The van der Waals surface area contributed by atoms with Crippen LogP contribution in [0, 0.1) is 0 Å². The van der Waals surface area contributed by atoms with E-state index in [-0.39, 0.29) is 10.5 Å². The lowest BCUT2D eigenvalue weighted by Crippen LogP contribution is -2.48. The van der Waals surface area contributed by atoms with Crippen LogP contribution in [0.25, 0.3) is 10.9 Å². The summed E-state index contributed by atoms with van der Waals surface area (Å²) in [5, 5.41) is 5.89. The summed E-state index contributed by atoms with van der Waals surface area (Å²) < 4.78 is 23.7. The first-order valence-corrected chi connectivity index (χ1v) is 10.1. The van der Waals surface area contributed by atoms with Crippen LogP contribution in [0.5, 0.6) is 0 Å². The molecule has 8 nitrogen and oxygen atoms in total. The van der Waals surface area contributed by atoms with E-state index in [4.69, 9.17) is 5.14 Å². The number of hydrogen-bond donors (Lipinski definition) is 2. The van der Waals surface area contributed by atoms with E-state index in [1.54, 1.807) is 30.3 Å². The lowest BCUT2D eigenvalue weighted by Gasteiger charge is -2.36. The van der Waals surface area contributed by atoms with E-state index in [9.17, 15) is 13.2 Å². The van der Waals surface area contributed by atoms with Crippen molar-refractivity contribution >= 4 is 32.6 Å². The van der Waals surface area contributed by atoms with E-state index in [2.05, 4.69) is 9.97 Å². The van der Waals surface area contributed by atoms with Crippen LogP contribution in [-0.4, -0.2) is 44.6 Å². The van der Waals surface area contributed by atoms with Gasteiger partial charge in [0, 0.05) is 26.2 Å². The molecule has 2 heterocycles. The van der Waals surface area contributed by atoms with E-state index in [1.165, 1.54) is 6.07 Å². The highest BCUT2D eigenvalue weighted by molar-refractivity contribution is 7.89. The Bertz CT molecular complexity index is 1150. The van der Waals surface area contributed by atoms with Gasteiger partial charge in [-0.2, -0.15) is 0 Å². The summed E-state index contributed by atoms with van der Waals surface area (Å²) in [6, 6.07) is 13.9. The summed E-state index contributed by atoms with van der Waals surface area (Å²) in [5.74, 6) is 0.526. The normalized spacial score (nSPS) is 15.3. The van der Waals surface area contributed by atoms with Crippen LogP contribution >= 0.6 is 0 Å². The Morgan fingerprint density at radius 3 is 2.30 bits per heavy atom. The van der Waals surface area contributed by atoms with Crippen molar-refractivity contribution in [1.29, 1.82) is 0 Å². The SMILES string of the molecule is NS(=O)(=O)c1ccccc1N1CCN(c2nc3ccccc3c(=O)[nH]2)CC1. The second-order valence-electron chi connectivity index (χ2n) is 6.39. The maximum Gasteiger partial charge on any atom is 0.260 e. The predicted molar refractivity (Wildman–Crippen MR) is 105 cm³/mol.